The zero-order chi connectivity index (χ0) is 14.1. The number of para-hydroxylation sites is 1. The fourth-order valence-electron chi connectivity index (χ4n) is 1.63. The van der Waals surface area contributed by atoms with Crippen LogP contribution in [-0.4, -0.2) is 26.5 Å². The summed E-state index contributed by atoms with van der Waals surface area (Å²) in [5.41, 5.74) is 1.07. The highest BCUT2D eigenvalue weighted by molar-refractivity contribution is 7.91. The molecular formula is C14H19NO3S. The van der Waals surface area contributed by atoms with Gasteiger partial charge in [-0.25, -0.2) is 8.42 Å². The van der Waals surface area contributed by atoms with Gasteiger partial charge in [-0.1, -0.05) is 18.2 Å². The Labute approximate surface area is 114 Å². The molecule has 0 aliphatic rings. The molecular weight excluding hydrogens is 262 g/mol. The van der Waals surface area contributed by atoms with Gasteiger partial charge in [0, 0.05) is 6.42 Å². The molecule has 5 heteroatoms. The van der Waals surface area contributed by atoms with Crippen LogP contribution in [0.4, 0.5) is 0 Å². The van der Waals surface area contributed by atoms with Crippen molar-refractivity contribution in [1.82, 2.24) is 0 Å². The number of nitrogens with zero attached hydrogens (tertiary/aromatic N) is 1. The number of benzene rings is 1. The summed E-state index contributed by atoms with van der Waals surface area (Å²) in [6.07, 6.45) is 1.34. The number of nitriles is 1. The van der Waals surface area contributed by atoms with E-state index in [2.05, 4.69) is 0 Å². The Morgan fingerprint density at radius 3 is 2.63 bits per heavy atom. The first-order valence-corrected chi connectivity index (χ1v) is 8.13. The number of unbranched alkanes of at least 4 members (excludes halogenated alkanes) is 1. The summed E-state index contributed by atoms with van der Waals surface area (Å²) in [7, 11) is -3.08. The topological polar surface area (TPSA) is 67.2 Å². The first-order valence-electron chi connectivity index (χ1n) is 6.31. The summed E-state index contributed by atoms with van der Waals surface area (Å²) in [5.74, 6) is 0.934. The lowest BCUT2D eigenvalue weighted by Gasteiger charge is -2.08. The summed E-state index contributed by atoms with van der Waals surface area (Å²) in [5, 5.41) is 8.36. The molecule has 0 aromatic heterocycles. The third-order valence-corrected chi connectivity index (χ3v) is 4.46. The molecule has 1 aromatic rings. The number of sulfone groups is 1. The first-order chi connectivity index (χ1) is 9.05. The maximum absolute atomic E-state index is 11.5. The van der Waals surface area contributed by atoms with Crippen LogP contribution in [0.5, 0.6) is 5.75 Å². The van der Waals surface area contributed by atoms with Crippen molar-refractivity contribution >= 4 is 9.84 Å². The number of ether oxygens (including phenoxy) is 1. The average Bonchev–Trinajstić information content (AvgIpc) is 2.38. The van der Waals surface area contributed by atoms with Gasteiger partial charge in [0.1, 0.15) is 5.75 Å². The second-order valence-corrected chi connectivity index (χ2v) is 6.68. The molecule has 1 aromatic carbocycles. The van der Waals surface area contributed by atoms with Crippen molar-refractivity contribution in [3.8, 4) is 11.8 Å². The minimum atomic E-state index is -3.08. The van der Waals surface area contributed by atoms with Crippen molar-refractivity contribution in [3.05, 3.63) is 29.8 Å². The van der Waals surface area contributed by atoms with E-state index in [1.165, 1.54) is 0 Å². The molecule has 0 N–H and O–H groups in total. The fraction of sp³-hybridized carbons (Fsp3) is 0.500. The highest BCUT2D eigenvalue weighted by Crippen LogP contribution is 2.16. The summed E-state index contributed by atoms with van der Waals surface area (Å²) < 4.78 is 28.6. The van der Waals surface area contributed by atoms with Crippen LogP contribution in [-0.2, 0) is 9.84 Å². The standard InChI is InChI=1S/C14H19NO3S/c1-13-7-2-3-8-14(13)18-10-4-5-11-19(16,17)12-6-9-15/h2-3,7-8H,4-6,10-12H2,1H3. The first kappa shape index (κ1) is 15.5. The number of hydrogen-bond acceptors (Lipinski definition) is 4. The van der Waals surface area contributed by atoms with Crippen LogP contribution in [0.1, 0.15) is 24.8 Å². The fourth-order valence-corrected chi connectivity index (χ4v) is 2.88. The van der Waals surface area contributed by atoms with Gasteiger partial charge >= 0.3 is 0 Å². The Bertz CT molecular complexity index is 532. The maximum atomic E-state index is 11.5. The second-order valence-electron chi connectivity index (χ2n) is 4.38. The SMILES string of the molecule is Cc1ccccc1OCCCCS(=O)(=O)CCC#N. The van der Waals surface area contributed by atoms with Crippen LogP contribution in [0.25, 0.3) is 0 Å². The predicted molar refractivity (Wildman–Crippen MR) is 74.8 cm³/mol. The van der Waals surface area contributed by atoms with Crippen molar-refractivity contribution < 1.29 is 13.2 Å². The lowest BCUT2D eigenvalue weighted by atomic mass is 10.2. The van der Waals surface area contributed by atoms with Gasteiger partial charge in [-0.2, -0.15) is 5.26 Å². The highest BCUT2D eigenvalue weighted by Gasteiger charge is 2.09. The molecule has 0 bridgehead atoms. The molecule has 0 spiro atoms. The van der Waals surface area contributed by atoms with Crippen LogP contribution in [0, 0.1) is 18.3 Å². The monoisotopic (exact) mass is 281 g/mol. The molecule has 104 valence electrons. The molecule has 0 unspecified atom stereocenters. The van der Waals surface area contributed by atoms with E-state index in [4.69, 9.17) is 10.00 Å². The summed E-state index contributed by atoms with van der Waals surface area (Å²) >= 11 is 0. The normalized spacial score (nSPS) is 10.9. The van der Waals surface area contributed by atoms with Crippen molar-refractivity contribution in [2.24, 2.45) is 0 Å². The van der Waals surface area contributed by atoms with E-state index in [0.717, 1.165) is 11.3 Å². The summed E-state index contributed by atoms with van der Waals surface area (Å²) in [6.45, 7) is 2.49. The molecule has 0 aliphatic carbocycles. The summed E-state index contributed by atoms with van der Waals surface area (Å²) in [4.78, 5) is 0. The third kappa shape index (κ3) is 6.25. The zero-order valence-corrected chi connectivity index (χ0v) is 11.9. The van der Waals surface area contributed by atoms with E-state index in [9.17, 15) is 8.42 Å². The van der Waals surface area contributed by atoms with Crippen LogP contribution in [0.3, 0.4) is 0 Å². The zero-order valence-electron chi connectivity index (χ0n) is 11.1. The largest absolute Gasteiger partial charge is 0.493 e. The molecule has 0 saturated heterocycles. The van der Waals surface area contributed by atoms with E-state index >= 15 is 0 Å². The molecule has 0 atom stereocenters. The van der Waals surface area contributed by atoms with E-state index in [-0.39, 0.29) is 17.9 Å². The van der Waals surface area contributed by atoms with E-state index in [1.54, 1.807) is 0 Å². The maximum Gasteiger partial charge on any atom is 0.151 e. The predicted octanol–water partition coefficient (Wildman–Crippen LogP) is 2.48. The molecule has 0 radical (unpaired) electrons. The van der Waals surface area contributed by atoms with Gasteiger partial charge < -0.3 is 4.74 Å². The van der Waals surface area contributed by atoms with Crippen LogP contribution >= 0.6 is 0 Å². The van der Waals surface area contributed by atoms with Gasteiger partial charge in [-0.05, 0) is 31.4 Å². The quantitative estimate of drug-likeness (QED) is 0.687. The van der Waals surface area contributed by atoms with Crippen molar-refractivity contribution in [2.75, 3.05) is 18.1 Å². The number of hydrogen-bond donors (Lipinski definition) is 0. The van der Waals surface area contributed by atoms with Gasteiger partial charge in [-0.15, -0.1) is 0 Å². The number of rotatable bonds is 8. The van der Waals surface area contributed by atoms with E-state index < -0.39 is 9.84 Å². The molecule has 0 heterocycles. The van der Waals surface area contributed by atoms with Gasteiger partial charge in [0.15, 0.2) is 9.84 Å². The Morgan fingerprint density at radius 1 is 1.21 bits per heavy atom. The Hall–Kier alpha value is -1.54. The Kier molecular flexibility index (Phi) is 6.37. The molecule has 0 amide bonds. The minimum Gasteiger partial charge on any atom is -0.493 e. The molecule has 19 heavy (non-hydrogen) atoms. The van der Waals surface area contributed by atoms with Gasteiger partial charge in [0.05, 0.1) is 24.2 Å². The molecule has 0 saturated carbocycles. The van der Waals surface area contributed by atoms with Crippen molar-refractivity contribution in [1.29, 1.82) is 5.26 Å². The molecule has 0 fully saturated rings. The Balaban J connectivity index is 2.22. The van der Waals surface area contributed by atoms with Crippen molar-refractivity contribution in [2.45, 2.75) is 26.2 Å². The van der Waals surface area contributed by atoms with E-state index in [1.807, 2.05) is 37.3 Å². The van der Waals surface area contributed by atoms with Gasteiger partial charge in [0.25, 0.3) is 0 Å². The lowest BCUT2D eigenvalue weighted by molar-refractivity contribution is 0.307. The van der Waals surface area contributed by atoms with Gasteiger partial charge in [-0.3, -0.25) is 0 Å². The van der Waals surface area contributed by atoms with Crippen molar-refractivity contribution in [3.63, 3.8) is 0 Å². The lowest BCUT2D eigenvalue weighted by Crippen LogP contribution is -2.11. The summed E-state index contributed by atoms with van der Waals surface area (Å²) in [6, 6.07) is 9.58. The minimum absolute atomic E-state index is 0.0395. The molecule has 0 aliphatic heterocycles. The van der Waals surface area contributed by atoms with Gasteiger partial charge in [0.2, 0.25) is 0 Å². The highest BCUT2D eigenvalue weighted by atomic mass is 32.2. The number of aryl methyl sites for hydroxylation is 1. The van der Waals surface area contributed by atoms with Crippen LogP contribution in [0.15, 0.2) is 24.3 Å². The van der Waals surface area contributed by atoms with E-state index in [0.29, 0.717) is 19.4 Å². The Morgan fingerprint density at radius 2 is 1.95 bits per heavy atom. The van der Waals surface area contributed by atoms with Crippen LogP contribution < -0.4 is 4.74 Å². The average molecular weight is 281 g/mol. The molecule has 1 rings (SSSR count). The third-order valence-electron chi connectivity index (χ3n) is 2.73. The smallest absolute Gasteiger partial charge is 0.151 e. The van der Waals surface area contributed by atoms with Crippen LogP contribution in [0.2, 0.25) is 0 Å². The second kappa shape index (κ2) is 7.80. The molecule has 4 nitrogen and oxygen atoms in total.